The first-order chi connectivity index (χ1) is 30.2. The Morgan fingerprint density at radius 3 is 1.86 bits per heavy atom. The lowest BCUT2D eigenvalue weighted by atomic mass is 10.0. The molecule has 2 fully saturated rings. The van der Waals surface area contributed by atoms with Crippen LogP contribution in [-0.2, 0) is 23.8 Å². The van der Waals surface area contributed by atoms with Crippen molar-refractivity contribution in [1.82, 2.24) is 40.4 Å². The van der Waals surface area contributed by atoms with Crippen LogP contribution >= 0.6 is 0 Å². The van der Waals surface area contributed by atoms with Gasteiger partial charge in [-0.1, -0.05) is 92.7 Å². The molecule has 15 nitrogen and oxygen atoms in total. The smallest absolute Gasteiger partial charge is 0.408 e. The van der Waals surface area contributed by atoms with Crippen LogP contribution in [0.2, 0.25) is 0 Å². The summed E-state index contributed by atoms with van der Waals surface area (Å²) in [6.45, 7) is 10.7. The Morgan fingerprint density at radius 2 is 1.32 bits per heavy atom. The highest BCUT2D eigenvalue weighted by molar-refractivity contribution is 5.88. The number of hydrogen-bond donors (Lipinski definition) is 4. The number of hydrogen-bond acceptors (Lipinski definition) is 9. The zero-order valence-electron chi connectivity index (χ0n) is 37.0. The third-order valence-corrected chi connectivity index (χ3v) is 11.6. The molecule has 0 unspecified atom stereocenters. The van der Waals surface area contributed by atoms with Gasteiger partial charge in [0, 0.05) is 26.1 Å². The van der Waals surface area contributed by atoms with Gasteiger partial charge in [0.1, 0.15) is 29.3 Å². The lowest BCUT2D eigenvalue weighted by Crippen LogP contribution is -2.51. The molecule has 0 aliphatic carbocycles. The van der Waals surface area contributed by atoms with Gasteiger partial charge in [0.15, 0.2) is 0 Å². The van der Waals surface area contributed by atoms with Gasteiger partial charge < -0.3 is 44.6 Å². The average molecular weight is 859 g/mol. The van der Waals surface area contributed by atoms with Crippen molar-refractivity contribution in [2.75, 3.05) is 33.9 Å². The molecule has 2 aliphatic heterocycles. The molecule has 2 aliphatic rings. The van der Waals surface area contributed by atoms with E-state index < -0.39 is 29.9 Å². The number of ether oxygens (including phenoxy) is 3. The Bertz CT molecular complexity index is 2350. The number of amides is 4. The van der Waals surface area contributed by atoms with E-state index in [1.54, 1.807) is 50.1 Å². The first-order valence-corrected chi connectivity index (χ1v) is 21.5. The van der Waals surface area contributed by atoms with E-state index in [2.05, 4.69) is 49.9 Å². The average Bonchev–Trinajstić information content (AvgIpc) is 4.11. The zero-order valence-corrected chi connectivity index (χ0v) is 37.0. The van der Waals surface area contributed by atoms with E-state index in [-0.39, 0.29) is 35.7 Å². The number of benzene rings is 3. The molecule has 63 heavy (non-hydrogen) atoms. The molecule has 5 aromatic rings. The highest BCUT2D eigenvalue weighted by Crippen LogP contribution is 2.38. The molecule has 0 radical (unpaired) electrons. The van der Waals surface area contributed by atoms with E-state index in [1.807, 2.05) is 68.4 Å². The molecular formula is C48H58N8O7. The monoisotopic (exact) mass is 858 g/mol. The lowest BCUT2D eigenvalue weighted by molar-refractivity contribution is -0.136. The number of rotatable bonds is 13. The van der Waals surface area contributed by atoms with E-state index in [4.69, 9.17) is 19.2 Å². The van der Waals surface area contributed by atoms with Crippen LogP contribution in [0.25, 0.3) is 33.6 Å². The van der Waals surface area contributed by atoms with Gasteiger partial charge in [-0.15, -0.1) is 0 Å². The van der Waals surface area contributed by atoms with Gasteiger partial charge in [0.05, 0.1) is 49.6 Å². The zero-order chi connectivity index (χ0) is 44.8. The molecule has 0 spiro atoms. The summed E-state index contributed by atoms with van der Waals surface area (Å²) < 4.78 is 15.8. The number of H-pyrrole nitrogens is 2. The van der Waals surface area contributed by atoms with Crippen LogP contribution in [0.1, 0.15) is 89.2 Å². The fourth-order valence-electron chi connectivity index (χ4n) is 8.49. The third-order valence-electron chi connectivity index (χ3n) is 11.6. The van der Waals surface area contributed by atoms with Gasteiger partial charge in [-0.2, -0.15) is 0 Å². The highest BCUT2D eigenvalue weighted by Gasteiger charge is 2.42. The number of methoxy groups -OCH3 is 2. The summed E-state index contributed by atoms with van der Waals surface area (Å²) >= 11 is 0. The van der Waals surface area contributed by atoms with Crippen molar-refractivity contribution in [3.8, 4) is 33.6 Å². The topological polar surface area (TPSA) is 184 Å². The van der Waals surface area contributed by atoms with Crippen molar-refractivity contribution in [3.63, 3.8) is 0 Å². The second kappa shape index (κ2) is 19.3. The molecule has 0 saturated carbocycles. The van der Waals surface area contributed by atoms with Gasteiger partial charge in [0.25, 0.3) is 5.91 Å². The van der Waals surface area contributed by atoms with E-state index in [9.17, 15) is 19.2 Å². The molecule has 4 N–H and O–H groups in total. The second-order valence-corrected chi connectivity index (χ2v) is 17.6. The number of nitrogens with one attached hydrogen (secondary N) is 4. The van der Waals surface area contributed by atoms with Crippen LogP contribution in [0.4, 0.5) is 9.59 Å². The van der Waals surface area contributed by atoms with Crippen molar-refractivity contribution >= 4 is 24.0 Å². The molecule has 4 amide bonds. The van der Waals surface area contributed by atoms with Gasteiger partial charge in [-0.25, -0.2) is 19.6 Å². The predicted octanol–water partition coefficient (Wildman–Crippen LogP) is 7.98. The van der Waals surface area contributed by atoms with Crippen molar-refractivity contribution in [3.05, 3.63) is 108 Å². The molecule has 3 aromatic carbocycles. The van der Waals surface area contributed by atoms with Crippen LogP contribution in [0.15, 0.2) is 91.3 Å². The van der Waals surface area contributed by atoms with Crippen molar-refractivity contribution in [2.24, 2.45) is 11.8 Å². The largest absolute Gasteiger partial charge is 0.453 e. The van der Waals surface area contributed by atoms with Crippen LogP contribution in [-0.4, -0.2) is 99.3 Å². The standard InChI is InChI=1S/C48H58N8O7/c1-29(2)40(53-46(59)62-7)44(57)55-23-11-14-38(55)42-49-25-36(51-42)33-19-15-31(16-20-33)32-17-21-34(22-18-32)37-26-50-43(52-37)39-24-30(28-61-6)27-56(39)45(58)41(35-12-9-8-10-13-35)54-47(60)63-48(3,4)5/h8-10,12-13,15-22,25-26,29-30,38-41H,11,14,23-24,27-28H2,1-7H3,(H,49,51)(H,50,52)(H,53,59)(H,54,60)/t30-,38-,39-,40-,41+/m0/s1. The molecular weight excluding hydrogens is 801 g/mol. The van der Waals surface area contributed by atoms with Gasteiger partial charge >= 0.3 is 12.2 Å². The first kappa shape index (κ1) is 44.6. The van der Waals surface area contributed by atoms with Crippen molar-refractivity contribution in [2.45, 2.75) is 83.6 Å². The minimum Gasteiger partial charge on any atom is -0.453 e. The van der Waals surface area contributed by atoms with Crippen LogP contribution in [0, 0.1) is 11.8 Å². The summed E-state index contributed by atoms with van der Waals surface area (Å²) in [6.07, 6.45) is 4.54. The molecule has 2 saturated heterocycles. The first-order valence-electron chi connectivity index (χ1n) is 21.5. The molecule has 4 heterocycles. The number of nitrogens with zero attached hydrogens (tertiary/aromatic N) is 4. The predicted molar refractivity (Wildman–Crippen MR) is 238 cm³/mol. The number of carbonyl (C=O) groups is 4. The number of aromatic nitrogens is 4. The van der Waals surface area contributed by atoms with E-state index >= 15 is 0 Å². The number of aromatic amines is 2. The number of carbonyl (C=O) groups excluding carboxylic acids is 4. The number of imidazole rings is 2. The normalized spacial score (nSPS) is 18.6. The maximum Gasteiger partial charge on any atom is 0.408 e. The minimum atomic E-state index is -0.958. The van der Waals surface area contributed by atoms with Gasteiger partial charge in [0.2, 0.25) is 5.91 Å². The summed E-state index contributed by atoms with van der Waals surface area (Å²) in [7, 11) is 2.94. The number of alkyl carbamates (subject to hydrolysis) is 2. The van der Waals surface area contributed by atoms with E-state index in [1.165, 1.54) is 7.11 Å². The maximum atomic E-state index is 14.4. The lowest BCUT2D eigenvalue weighted by Gasteiger charge is -2.30. The van der Waals surface area contributed by atoms with Crippen LogP contribution in [0.5, 0.6) is 0 Å². The van der Waals surface area contributed by atoms with E-state index in [0.717, 1.165) is 46.5 Å². The molecule has 15 heteroatoms. The third kappa shape index (κ3) is 10.4. The van der Waals surface area contributed by atoms with Gasteiger partial charge in [-0.05, 0) is 73.8 Å². The van der Waals surface area contributed by atoms with E-state index in [0.29, 0.717) is 43.3 Å². The van der Waals surface area contributed by atoms with Gasteiger partial charge in [-0.3, -0.25) is 9.59 Å². The van der Waals surface area contributed by atoms with Crippen molar-refractivity contribution < 1.29 is 33.4 Å². The van der Waals surface area contributed by atoms with Crippen LogP contribution < -0.4 is 10.6 Å². The Balaban J connectivity index is 1.04. The summed E-state index contributed by atoms with van der Waals surface area (Å²) in [5.41, 5.74) is 5.57. The molecule has 332 valence electrons. The molecule has 5 atom stereocenters. The Labute approximate surface area is 368 Å². The van der Waals surface area contributed by atoms with Crippen LogP contribution in [0.3, 0.4) is 0 Å². The fraction of sp³-hybridized carbons (Fsp3) is 0.417. The van der Waals surface area contributed by atoms with Crippen molar-refractivity contribution in [1.29, 1.82) is 0 Å². The Hall–Kier alpha value is -6.48. The fourth-order valence-corrected chi connectivity index (χ4v) is 8.49. The minimum absolute atomic E-state index is 0.0746. The summed E-state index contributed by atoms with van der Waals surface area (Å²) in [5.74, 6) is 0.931. The molecule has 2 aromatic heterocycles. The maximum absolute atomic E-state index is 14.4. The summed E-state index contributed by atoms with van der Waals surface area (Å²) in [5, 5.41) is 5.53. The molecule has 7 rings (SSSR count). The number of likely N-dealkylation sites (tertiary alicyclic amines) is 2. The SMILES string of the molecule is COC[C@H]1C[C@@H](c2ncc(-c3ccc(-c4ccc(-c5cnc([C@@H]6CCCN6C(=O)[C@@H](NC(=O)OC)C(C)C)[nH]5)cc4)cc3)[nH]2)N(C(=O)[C@H](NC(=O)OC(C)(C)C)c2ccccc2)C1. The quantitative estimate of drug-likeness (QED) is 0.0912. The highest BCUT2D eigenvalue weighted by atomic mass is 16.6. The Morgan fingerprint density at radius 1 is 0.746 bits per heavy atom. The molecule has 0 bridgehead atoms. The summed E-state index contributed by atoms with van der Waals surface area (Å²) in [4.78, 5) is 73.0. The second-order valence-electron chi connectivity index (χ2n) is 17.6. The Kier molecular flexibility index (Phi) is 13.6. The summed E-state index contributed by atoms with van der Waals surface area (Å²) in [6, 6.07) is 23.4.